The number of amides is 2. The van der Waals surface area contributed by atoms with Crippen LogP contribution in [0.25, 0.3) is 0 Å². The van der Waals surface area contributed by atoms with E-state index in [1.165, 1.54) is 6.42 Å². The van der Waals surface area contributed by atoms with Gasteiger partial charge >= 0.3 is 0 Å². The van der Waals surface area contributed by atoms with Gasteiger partial charge in [0.05, 0.1) is 7.11 Å². The fraction of sp³-hybridized carbons (Fsp3) is 0.550. The fourth-order valence-corrected chi connectivity index (χ4v) is 3.62. The number of carbonyl (C=O) groups excluding carboxylic acids is 2. The van der Waals surface area contributed by atoms with Gasteiger partial charge < -0.3 is 15.0 Å². The van der Waals surface area contributed by atoms with Crippen LogP contribution in [0.4, 0.5) is 0 Å². The van der Waals surface area contributed by atoms with Gasteiger partial charge in [-0.05, 0) is 51.0 Å². The van der Waals surface area contributed by atoms with Crippen LogP contribution in [-0.4, -0.2) is 47.8 Å². The zero-order chi connectivity index (χ0) is 18.7. The molecule has 0 atom stereocenters. The third-order valence-corrected chi connectivity index (χ3v) is 5.13. The third kappa shape index (κ3) is 3.89. The van der Waals surface area contributed by atoms with Gasteiger partial charge in [0.25, 0.3) is 5.91 Å². The summed E-state index contributed by atoms with van der Waals surface area (Å²) in [5.74, 6) is 0.409. The molecule has 6 heteroatoms. The number of benzene rings is 1. The van der Waals surface area contributed by atoms with Crippen LogP contribution < -0.4 is 10.1 Å². The Balaban J connectivity index is 1.68. The van der Waals surface area contributed by atoms with Crippen molar-refractivity contribution in [1.82, 2.24) is 10.2 Å². The first-order valence-electron chi connectivity index (χ1n) is 9.26. The van der Waals surface area contributed by atoms with E-state index >= 15 is 0 Å². The lowest BCUT2D eigenvalue weighted by Gasteiger charge is -2.30. The highest BCUT2D eigenvalue weighted by atomic mass is 16.5. The van der Waals surface area contributed by atoms with E-state index in [0.29, 0.717) is 5.71 Å². The summed E-state index contributed by atoms with van der Waals surface area (Å²) in [4.78, 5) is 31.5. The van der Waals surface area contributed by atoms with Gasteiger partial charge in [-0.25, -0.2) is 0 Å². The molecule has 26 heavy (non-hydrogen) atoms. The molecule has 1 N–H and O–H groups in total. The van der Waals surface area contributed by atoms with Crippen LogP contribution >= 0.6 is 0 Å². The summed E-state index contributed by atoms with van der Waals surface area (Å²) >= 11 is 0. The Morgan fingerprint density at radius 1 is 1.23 bits per heavy atom. The molecule has 0 radical (unpaired) electrons. The Labute approximate surface area is 154 Å². The molecule has 2 aliphatic rings. The maximum atomic E-state index is 12.9. The van der Waals surface area contributed by atoms with Crippen molar-refractivity contribution in [1.29, 1.82) is 0 Å². The van der Waals surface area contributed by atoms with Crippen molar-refractivity contribution in [2.24, 2.45) is 4.99 Å². The number of nitrogens with zero attached hydrogens (tertiary/aromatic N) is 2. The molecule has 3 rings (SSSR count). The standard InChI is InChI=1S/C20H27N3O3/c1-20(2)22-18(14-9-11-16(26-3)12-10-14)19(25)23(20)13-17(24)21-15-7-5-4-6-8-15/h9-12,15H,4-8,13H2,1-3H3,(H,21,24). The van der Waals surface area contributed by atoms with Gasteiger partial charge in [-0.2, -0.15) is 0 Å². The molecule has 1 aliphatic carbocycles. The average molecular weight is 357 g/mol. The first-order chi connectivity index (χ1) is 12.4. The lowest BCUT2D eigenvalue weighted by Crippen LogP contribution is -2.50. The molecule has 0 bridgehead atoms. The Morgan fingerprint density at radius 3 is 2.50 bits per heavy atom. The monoisotopic (exact) mass is 357 g/mol. The Morgan fingerprint density at radius 2 is 1.88 bits per heavy atom. The van der Waals surface area contributed by atoms with E-state index in [0.717, 1.165) is 37.0 Å². The molecule has 1 aromatic carbocycles. The lowest BCUT2D eigenvalue weighted by molar-refractivity contribution is -0.134. The zero-order valence-electron chi connectivity index (χ0n) is 15.7. The van der Waals surface area contributed by atoms with E-state index in [2.05, 4.69) is 10.3 Å². The summed E-state index contributed by atoms with van der Waals surface area (Å²) in [7, 11) is 1.60. The van der Waals surface area contributed by atoms with E-state index < -0.39 is 5.66 Å². The maximum absolute atomic E-state index is 12.9. The van der Waals surface area contributed by atoms with E-state index in [1.54, 1.807) is 24.1 Å². The Kier molecular flexibility index (Phi) is 5.30. The summed E-state index contributed by atoms with van der Waals surface area (Å²) < 4.78 is 5.16. The Hall–Kier alpha value is -2.37. The number of carbonyl (C=O) groups is 2. The molecule has 1 aliphatic heterocycles. The van der Waals surface area contributed by atoms with Crippen molar-refractivity contribution in [3.63, 3.8) is 0 Å². The van der Waals surface area contributed by atoms with Crippen molar-refractivity contribution in [2.75, 3.05) is 13.7 Å². The largest absolute Gasteiger partial charge is 0.497 e. The van der Waals surface area contributed by atoms with Gasteiger partial charge in [0, 0.05) is 11.6 Å². The van der Waals surface area contributed by atoms with Gasteiger partial charge in [0.1, 0.15) is 23.7 Å². The summed E-state index contributed by atoms with van der Waals surface area (Å²) in [6, 6.07) is 7.47. The van der Waals surface area contributed by atoms with Crippen LogP contribution in [0.1, 0.15) is 51.5 Å². The summed E-state index contributed by atoms with van der Waals surface area (Å²) in [5.41, 5.74) is 0.387. The van der Waals surface area contributed by atoms with Crippen LogP contribution in [0, 0.1) is 0 Å². The second-order valence-electron chi connectivity index (χ2n) is 7.48. The van der Waals surface area contributed by atoms with Gasteiger partial charge in [-0.15, -0.1) is 0 Å². The molecule has 0 aromatic heterocycles. The first-order valence-corrected chi connectivity index (χ1v) is 9.26. The Bertz CT molecular complexity index is 704. The molecule has 6 nitrogen and oxygen atoms in total. The van der Waals surface area contributed by atoms with Crippen molar-refractivity contribution in [2.45, 2.75) is 57.7 Å². The molecular weight excluding hydrogens is 330 g/mol. The topological polar surface area (TPSA) is 71.0 Å². The quantitative estimate of drug-likeness (QED) is 0.880. The van der Waals surface area contributed by atoms with Gasteiger partial charge in [0.15, 0.2) is 0 Å². The van der Waals surface area contributed by atoms with Gasteiger partial charge in [-0.1, -0.05) is 19.3 Å². The molecule has 0 unspecified atom stereocenters. The predicted molar refractivity (Wildman–Crippen MR) is 100 cm³/mol. The highest BCUT2D eigenvalue weighted by Gasteiger charge is 2.41. The second-order valence-corrected chi connectivity index (χ2v) is 7.48. The third-order valence-electron chi connectivity index (χ3n) is 5.13. The molecule has 0 saturated heterocycles. The second kappa shape index (κ2) is 7.48. The minimum atomic E-state index is -0.740. The minimum absolute atomic E-state index is 0.0332. The van der Waals surface area contributed by atoms with Crippen LogP contribution in [0.2, 0.25) is 0 Å². The predicted octanol–water partition coefficient (Wildman–Crippen LogP) is 2.51. The number of hydrogen-bond acceptors (Lipinski definition) is 4. The molecule has 1 aromatic rings. The number of aliphatic imine (C=N–C) groups is 1. The number of nitrogens with one attached hydrogen (secondary N) is 1. The SMILES string of the molecule is COc1ccc(C2=NC(C)(C)N(CC(=O)NC3CCCCC3)C2=O)cc1. The van der Waals surface area contributed by atoms with E-state index in [4.69, 9.17) is 4.74 Å². The van der Waals surface area contributed by atoms with E-state index in [1.807, 2.05) is 26.0 Å². The molecule has 2 amide bonds. The van der Waals surface area contributed by atoms with E-state index in [9.17, 15) is 9.59 Å². The maximum Gasteiger partial charge on any atom is 0.275 e. The smallest absolute Gasteiger partial charge is 0.275 e. The van der Waals surface area contributed by atoms with Crippen LogP contribution in [0.5, 0.6) is 5.75 Å². The van der Waals surface area contributed by atoms with Gasteiger partial charge in [0.2, 0.25) is 5.91 Å². The molecule has 1 fully saturated rings. The fourth-order valence-electron chi connectivity index (χ4n) is 3.62. The van der Waals surface area contributed by atoms with Crippen LogP contribution in [0.3, 0.4) is 0 Å². The highest BCUT2D eigenvalue weighted by Crippen LogP contribution is 2.27. The summed E-state index contributed by atoms with van der Waals surface area (Å²) in [6.45, 7) is 3.75. The normalized spacial score (nSPS) is 20.0. The molecule has 1 heterocycles. The molecule has 140 valence electrons. The zero-order valence-corrected chi connectivity index (χ0v) is 15.7. The number of methoxy groups -OCH3 is 1. The molecular formula is C20H27N3O3. The first kappa shape index (κ1) is 18.4. The van der Waals surface area contributed by atoms with Crippen molar-refractivity contribution in [3.05, 3.63) is 29.8 Å². The summed E-state index contributed by atoms with van der Waals surface area (Å²) in [5, 5.41) is 3.07. The van der Waals surface area contributed by atoms with Crippen LogP contribution in [0.15, 0.2) is 29.3 Å². The van der Waals surface area contributed by atoms with E-state index in [-0.39, 0.29) is 24.4 Å². The lowest BCUT2D eigenvalue weighted by atomic mass is 9.95. The van der Waals surface area contributed by atoms with Crippen molar-refractivity contribution < 1.29 is 14.3 Å². The summed E-state index contributed by atoms with van der Waals surface area (Å²) in [6.07, 6.45) is 5.60. The minimum Gasteiger partial charge on any atom is -0.497 e. The number of rotatable bonds is 5. The van der Waals surface area contributed by atoms with Crippen LogP contribution in [-0.2, 0) is 9.59 Å². The number of hydrogen-bond donors (Lipinski definition) is 1. The van der Waals surface area contributed by atoms with Crippen molar-refractivity contribution >= 4 is 17.5 Å². The van der Waals surface area contributed by atoms with Crippen molar-refractivity contribution in [3.8, 4) is 5.75 Å². The average Bonchev–Trinajstić information content (AvgIpc) is 2.86. The highest BCUT2D eigenvalue weighted by molar-refractivity contribution is 6.47. The molecule has 0 spiro atoms. The number of ether oxygens (including phenoxy) is 1. The van der Waals surface area contributed by atoms with Gasteiger partial charge in [-0.3, -0.25) is 14.6 Å². The molecule has 1 saturated carbocycles.